The molecule has 1 aliphatic carbocycles. The van der Waals surface area contributed by atoms with Crippen molar-refractivity contribution in [2.45, 2.75) is 59.0 Å². The molecule has 0 bridgehead atoms. The fourth-order valence-electron chi connectivity index (χ4n) is 4.30. The number of carbonyl (C=O) groups excluding carboxylic acids is 2. The SMILES string of the molecule is CC(C)(C)CC(=O)N(CC(=O)N(CCc1c[nH]c2ccccc12)Cc1ccccc1)C1CC1. The fourth-order valence-corrected chi connectivity index (χ4v) is 4.30. The van der Waals surface area contributed by atoms with Gasteiger partial charge >= 0.3 is 0 Å². The van der Waals surface area contributed by atoms with E-state index in [1.54, 1.807) is 0 Å². The number of para-hydroxylation sites is 1. The second kappa shape index (κ2) is 9.82. The van der Waals surface area contributed by atoms with Crippen LogP contribution in [0.1, 0.15) is 51.2 Å². The lowest BCUT2D eigenvalue weighted by Crippen LogP contribution is -2.45. The Morgan fingerprint density at radius 2 is 1.67 bits per heavy atom. The van der Waals surface area contributed by atoms with Gasteiger partial charge in [0.05, 0.1) is 0 Å². The van der Waals surface area contributed by atoms with Crippen molar-refractivity contribution in [1.82, 2.24) is 14.8 Å². The summed E-state index contributed by atoms with van der Waals surface area (Å²) >= 11 is 0. The highest BCUT2D eigenvalue weighted by Gasteiger charge is 2.36. The maximum absolute atomic E-state index is 13.5. The van der Waals surface area contributed by atoms with E-state index in [0.29, 0.717) is 19.5 Å². The average molecular weight is 446 g/mol. The number of hydrogen-bond acceptors (Lipinski definition) is 2. The number of aromatic nitrogens is 1. The number of fused-ring (bicyclic) bond motifs is 1. The number of aromatic amines is 1. The summed E-state index contributed by atoms with van der Waals surface area (Å²) in [6.45, 7) is 7.54. The van der Waals surface area contributed by atoms with E-state index in [-0.39, 0.29) is 29.8 Å². The number of carbonyl (C=O) groups is 2. The van der Waals surface area contributed by atoms with Crippen molar-refractivity contribution in [3.63, 3.8) is 0 Å². The Morgan fingerprint density at radius 3 is 2.36 bits per heavy atom. The molecular weight excluding hydrogens is 410 g/mol. The third kappa shape index (κ3) is 6.25. The lowest BCUT2D eigenvalue weighted by atomic mass is 9.91. The molecule has 0 unspecified atom stereocenters. The third-order valence-electron chi connectivity index (χ3n) is 6.19. The number of H-pyrrole nitrogens is 1. The van der Waals surface area contributed by atoms with Gasteiger partial charge in [0.25, 0.3) is 0 Å². The molecule has 0 radical (unpaired) electrons. The van der Waals surface area contributed by atoms with Crippen molar-refractivity contribution in [3.05, 3.63) is 71.9 Å². The van der Waals surface area contributed by atoms with Crippen LogP contribution in [-0.4, -0.2) is 45.7 Å². The van der Waals surface area contributed by atoms with Crippen LogP contribution in [0.3, 0.4) is 0 Å². The first-order valence-electron chi connectivity index (χ1n) is 12.0. The summed E-state index contributed by atoms with van der Waals surface area (Å²) in [5.74, 6) is 0.113. The van der Waals surface area contributed by atoms with Crippen molar-refractivity contribution in [2.75, 3.05) is 13.1 Å². The van der Waals surface area contributed by atoms with Crippen molar-refractivity contribution in [3.8, 4) is 0 Å². The summed E-state index contributed by atoms with van der Waals surface area (Å²) in [4.78, 5) is 33.6. The Bertz CT molecular complexity index is 1090. The molecular formula is C28H35N3O2. The zero-order valence-electron chi connectivity index (χ0n) is 20.0. The molecule has 1 aliphatic rings. The molecule has 2 aromatic carbocycles. The number of amides is 2. The van der Waals surface area contributed by atoms with Crippen LogP contribution in [0.5, 0.6) is 0 Å². The van der Waals surface area contributed by atoms with E-state index in [9.17, 15) is 9.59 Å². The normalized spacial score (nSPS) is 13.8. The molecule has 1 saturated carbocycles. The van der Waals surface area contributed by atoms with Crippen molar-refractivity contribution < 1.29 is 9.59 Å². The predicted molar refractivity (Wildman–Crippen MR) is 133 cm³/mol. The van der Waals surface area contributed by atoms with Crippen molar-refractivity contribution in [2.24, 2.45) is 5.41 Å². The first kappa shape index (κ1) is 23.1. The van der Waals surface area contributed by atoms with Crippen LogP contribution in [0.2, 0.25) is 0 Å². The van der Waals surface area contributed by atoms with E-state index in [1.165, 1.54) is 10.9 Å². The van der Waals surface area contributed by atoms with Gasteiger partial charge in [0, 0.05) is 42.7 Å². The maximum Gasteiger partial charge on any atom is 0.242 e. The van der Waals surface area contributed by atoms with Crippen LogP contribution >= 0.6 is 0 Å². The Hall–Kier alpha value is -3.08. The summed E-state index contributed by atoms with van der Waals surface area (Å²) < 4.78 is 0. The van der Waals surface area contributed by atoms with Crippen molar-refractivity contribution in [1.29, 1.82) is 0 Å². The van der Waals surface area contributed by atoms with Gasteiger partial charge in [-0.1, -0.05) is 69.3 Å². The van der Waals surface area contributed by atoms with Gasteiger partial charge in [0.2, 0.25) is 11.8 Å². The van der Waals surface area contributed by atoms with Crippen LogP contribution in [0.4, 0.5) is 0 Å². The van der Waals surface area contributed by atoms with Crippen LogP contribution in [-0.2, 0) is 22.6 Å². The topological polar surface area (TPSA) is 56.4 Å². The summed E-state index contributed by atoms with van der Waals surface area (Å²) in [6.07, 6.45) is 5.26. The number of nitrogens with one attached hydrogen (secondary N) is 1. The zero-order valence-corrected chi connectivity index (χ0v) is 20.0. The fraction of sp³-hybridized carbons (Fsp3) is 0.429. The van der Waals surface area contributed by atoms with Gasteiger partial charge in [-0.15, -0.1) is 0 Å². The second-order valence-electron chi connectivity index (χ2n) is 10.4. The van der Waals surface area contributed by atoms with Gasteiger partial charge in [-0.3, -0.25) is 9.59 Å². The Balaban J connectivity index is 1.49. The molecule has 1 aromatic heterocycles. The Morgan fingerprint density at radius 1 is 0.970 bits per heavy atom. The molecule has 1 heterocycles. The van der Waals surface area contributed by atoms with E-state index in [1.807, 2.05) is 46.3 Å². The molecule has 2 amide bonds. The number of benzene rings is 2. The molecule has 0 saturated heterocycles. The molecule has 174 valence electrons. The molecule has 5 nitrogen and oxygen atoms in total. The second-order valence-corrected chi connectivity index (χ2v) is 10.4. The lowest BCUT2D eigenvalue weighted by molar-refractivity contribution is -0.142. The molecule has 4 rings (SSSR count). The predicted octanol–water partition coefficient (Wildman–Crippen LogP) is 5.17. The van der Waals surface area contributed by atoms with Crippen LogP contribution < -0.4 is 0 Å². The lowest BCUT2D eigenvalue weighted by Gasteiger charge is -2.30. The van der Waals surface area contributed by atoms with Crippen LogP contribution in [0, 0.1) is 5.41 Å². The minimum Gasteiger partial charge on any atom is -0.361 e. The van der Waals surface area contributed by atoms with E-state index in [2.05, 4.69) is 50.0 Å². The molecule has 33 heavy (non-hydrogen) atoms. The minimum absolute atomic E-state index is 0.0212. The van der Waals surface area contributed by atoms with E-state index in [0.717, 1.165) is 30.3 Å². The highest BCUT2D eigenvalue weighted by Crippen LogP contribution is 2.30. The molecule has 0 spiro atoms. The Labute approximate surface area is 196 Å². The summed E-state index contributed by atoms with van der Waals surface area (Å²) in [7, 11) is 0. The number of hydrogen-bond donors (Lipinski definition) is 1. The van der Waals surface area contributed by atoms with E-state index in [4.69, 9.17) is 0 Å². The third-order valence-corrected chi connectivity index (χ3v) is 6.19. The first-order valence-corrected chi connectivity index (χ1v) is 12.0. The van der Waals surface area contributed by atoms with E-state index < -0.39 is 0 Å². The minimum atomic E-state index is -0.0909. The highest BCUT2D eigenvalue weighted by atomic mass is 16.2. The smallest absolute Gasteiger partial charge is 0.242 e. The molecule has 3 aromatic rings. The summed E-state index contributed by atoms with van der Waals surface area (Å²) in [5, 5.41) is 1.20. The molecule has 1 N–H and O–H groups in total. The summed E-state index contributed by atoms with van der Waals surface area (Å²) in [6, 6.07) is 18.6. The van der Waals surface area contributed by atoms with Gasteiger partial charge in [0.1, 0.15) is 6.54 Å². The maximum atomic E-state index is 13.5. The quantitative estimate of drug-likeness (QED) is 0.494. The first-order chi connectivity index (χ1) is 15.8. The molecule has 1 fully saturated rings. The van der Waals surface area contributed by atoms with Crippen LogP contribution in [0.25, 0.3) is 10.9 Å². The van der Waals surface area contributed by atoms with Gasteiger partial charge in [-0.25, -0.2) is 0 Å². The zero-order chi connectivity index (χ0) is 23.4. The summed E-state index contributed by atoms with van der Waals surface area (Å²) in [5.41, 5.74) is 3.33. The van der Waals surface area contributed by atoms with Gasteiger partial charge in [0.15, 0.2) is 0 Å². The monoisotopic (exact) mass is 445 g/mol. The van der Waals surface area contributed by atoms with Gasteiger partial charge in [-0.05, 0) is 41.9 Å². The van der Waals surface area contributed by atoms with Gasteiger partial charge < -0.3 is 14.8 Å². The molecule has 0 atom stereocenters. The highest BCUT2D eigenvalue weighted by molar-refractivity contribution is 5.86. The molecule has 0 aliphatic heterocycles. The Kier molecular flexibility index (Phi) is 6.87. The average Bonchev–Trinajstić information content (AvgIpc) is 3.54. The van der Waals surface area contributed by atoms with Crippen LogP contribution in [0.15, 0.2) is 60.8 Å². The number of nitrogens with zero attached hydrogens (tertiary/aromatic N) is 2. The molecule has 5 heteroatoms. The standard InChI is InChI=1S/C28H35N3O2/c1-28(2,3)17-26(32)31(23-13-14-23)20-27(33)30(19-21-9-5-4-6-10-21)16-15-22-18-29-25-12-8-7-11-24(22)25/h4-12,18,23,29H,13-17,19-20H2,1-3H3. The largest absolute Gasteiger partial charge is 0.361 e. The van der Waals surface area contributed by atoms with Crippen molar-refractivity contribution >= 4 is 22.7 Å². The van der Waals surface area contributed by atoms with E-state index >= 15 is 0 Å². The van der Waals surface area contributed by atoms with Gasteiger partial charge in [-0.2, -0.15) is 0 Å². The number of rotatable bonds is 9.